The molecular weight excluding hydrogens is 643 g/mol. The van der Waals surface area contributed by atoms with Crippen LogP contribution in [0.3, 0.4) is 0 Å². The number of nitrogens with zero attached hydrogens (tertiary/aromatic N) is 2. The third-order valence-electron chi connectivity index (χ3n) is 7.75. The Hall–Kier alpha value is -4.28. The van der Waals surface area contributed by atoms with Gasteiger partial charge < -0.3 is 15.0 Å². The smallest absolute Gasteiger partial charge is 0.264 e. The summed E-state index contributed by atoms with van der Waals surface area (Å²) in [7, 11) is -4.20. The number of nitrogens with one attached hydrogen (secondary N) is 1. The number of hydrogen-bond acceptors (Lipinski definition) is 6. The van der Waals surface area contributed by atoms with Gasteiger partial charge in [-0.1, -0.05) is 74.0 Å². The number of sulfonamides is 1. The van der Waals surface area contributed by atoms with Crippen LogP contribution in [0.5, 0.6) is 5.75 Å². The van der Waals surface area contributed by atoms with Crippen LogP contribution in [0.4, 0.5) is 5.69 Å². The zero-order valence-corrected chi connectivity index (χ0v) is 29.9. The molecule has 0 unspecified atom stereocenters. The van der Waals surface area contributed by atoms with E-state index in [9.17, 15) is 18.0 Å². The molecule has 0 bridgehead atoms. The van der Waals surface area contributed by atoms with Gasteiger partial charge in [-0.15, -0.1) is 11.8 Å². The quantitative estimate of drug-likeness (QED) is 0.131. The lowest BCUT2D eigenvalue weighted by atomic mass is 10.0. The Balaban J connectivity index is 1.80. The molecule has 0 aliphatic carbocycles. The van der Waals surface area contributed by atoms with Crippen LogP contribution >= 0.6 is 11.8 Å². The van der Waals surface area contributed by atoms with Crippen molar-refractivity contribution in [3.05, 3.63) is 120 Å². The van der Waals surface area contributed by atoms with Gasteiger partial charge in [-0.2, -0.15) is 0 Å². The fraction of sp³-hybridized carbons (Fsp3) is 0.316. The Morgan fingerprint density at radius 3 is 2.15 bits per heavy atom. The van der Waals surface area contributed by atoms with Crippen molar-refractivity contribution in [1.29, 1.82) is 0 Å². The van der Waals surface area contributed by atoms with Gasteiger partial charge in [0, 0.05) is 24.4 Å². The molecule has 0 saturated carbocycles. The summed E-state index contributed by atoms with van der Waals surface area (Å²) in [5, 5.41) is 3.02. The van der Waals surface area contributed by atoms with E-state index in [1.807, 2.05) is 88.5 Å². The van der Waals surface area contributed by atoms with Crippen molar-refractivity contribution in [2.45, 2.75) is 56.5 Å². The fourth-order valence-electron chi connectivity index (χ4n) is 5.26. The highest BCUT2D eigenvalue weighted by Crippen LogP contribution is 2.28. The number of thioether (sulfide) groups is 1. The lowest BCUT2D eigenvalue weighted by molar-refractivity contribution is -0.140. The fourth-order valence-corrected chi connectivity index (χ4v) is 7.09. The molecule has 10 heteroatoms. The highest BCUT2D eigenvalue weighted by Gasteiger charge is 2.34. The number of ether oxygens (including phenoxy) is 1. The third-order valence-corrected chi connectivity index (χ3v) is 10.3. The number of aryl methyl sites for hydroxylation is 1. The first kappa shape index (κ1) is 36.6. The van der Waals surface area contributed by atoms with Crippen molar-refractivity contribution in [2.24, 2.45) is 5.92 Å². The molecule has 4 aromatic rings. The summed E-state index contributed by atoms with van der Waals surface area (Å²) >= 11 is 1.51. The normalized spacial score (nSPS) is 12.0. The van der Waals surface area contributed by atoms with E-state index in [0.29, 0.717) is 24.6 Å². The summed E-state index contributed by atoms with van der Waals surface area (Å²) < 4.78 is 35.3. The van der Waals surface area contributed by atoms with Gasteiger partial charge in [-0.05, 0) is 85.7 Å². The number of benzene rings is 4. The molecule has 4 rings (SSSR count). The van der Waals surface area contributed by atoms with Crippen molar-refractivity contribution in [3.8, 4) is 5.75 Å². The molecule has 1 N–H and O–H groups in total. The van der Waals surface area contributed by atoms with E-state index < -0.39 is 28.5 Å². The second-order valence-corrected chi connectivity index (χ2v) is 14.7. The number of carbonyl (C=O) groups excluding carboxylic acids is 2. The van der Waals surface area contributed by atoms with Crippen molar-refractivity contribution in [2.75, 3.05) is 30.3 Å². The molecule has 4 aromatic carbocycles. The minimum atomic E-state index is -4.20. The Morgan fingerprint density at radius 1 is 0.875 bits per heavy atom. The maximum absolute atomic E-state index is 14.7. The van der Waals surface area contributed by atoms with Crippen LogP contribution in [0.1, 0.15) is 37.5 Å². The zero-order valence-electron chi connectivity index (χ0n) is 28.3. The molecule has 0 heterocycles. The number of carbonyl (C=O) groups is 2. The Bertz CT molecular complexity index is 1750. The number of amides is 2. The van der Waals surface area contributed by atoms with E-state index in [0.717, 1.165) is 25.9 Å². The first-order valence-electron chi connectivity index (χ1n) is 16.1. The highest BCUT2D eigenvalue weighted by molar-refractivity contribution is 7.98. The number of hydrogen-bond donors (Lipinski definition) is 1. The van der Waals surface area contributed by atoms with Crippen LogP contribution in [0, 0.1) is 12.8 Å². The molecule has 1 atom stereocenters. The minimum absolute atomic E-state index is 0.0581. The van der Waals surface area contributed by atoms with E-state index in [1.165, 1.54) is 16.7 Å². The maximum atomic E-state index is 14.7. The first-order chi connectivity index (χ1) is 23.0. The average molecular weight is 688 g/mol. The monoisotopic (exact) mass is 687 g/mol. The van der Waals surface area contributed by atoms with Crippen molar-refractivity contribution in [3.63, 3.8) is 0 Å². The molecule has 254 valence electrons. The van der Waals surface area contributed by atoms with Crippen LogP contribution in [0.2, 0.25) is 0 Å². The maximum Gasteiger partial charge on any atom is 0.264 e. The zero-order chi connectivity index (χ0) is 34.7. The van der Waals surface area contributed by atoms with Gasteiger partial charge in [0.2, 0.25) is 11.8 Å². The molecule has 0 spiro atoms. The summed E-state index contributed by atoms with van der Waals surface area (Å²) in [6.45, 7) is 8.35. The first-order valence-corrected chi connectivity index (χ1v) is 18.7. The van der Waals surface area contributed by atoms with Crippen molar-refractivity contribution >= 4 is 39.3 Å². The van der Waals surface area contributed by atoms with E-state index >= 15 is 0 Å². The predicted octanol–water partition coefficient (Wildman–Crippen LogP) is 6.72. The Labute approximate surface area is 289 Å². The summed E-state index contributed by atoms with van der Waals surface area (Å²) in [5.74, 6) is -0.0166. The van der Waals surface area contributed by atoms with Crippen LogP contribution in [-0.4, -0.2) is 57.1 Å². The van der Waals surface area contributed by atoms with Crippen LogP contribution in [0.25, 0.3) is 0 Å². The Kier molecular flexibility index (Phi) is 13.1. The molecule has 0 fully saturated rings. The minimum Gasteiger partial charge on any atom is -0.494 e. The standard InChI is InChI=1S/C38H45N3O5S2/c1-6-46-33-17-15-32(16-18-33)41(48(44,45)35-21-19-34(47-5)20-22-35)27-37(42)40(26-31-14-10-11-29(4)23-31)36(38(43)39-25-28(2)3)24-30-12-8-7-9-13-30/h7-23,28,36H,6,24-27H2,1-5H3,(H,39,43)/t36-/m0/s1. The van der Waals surface area contributed by atoms with Crippen molar-refractivity contribution < 1.29 is 22.7 Å². The summed E-state index contributed by atoms with van der Waals surface area (Å²) in [5.41, 5.74) is 3.03. The van der Waals surface area contributed by atoms with Gasteiger partial charge in [0.05, 0.1) is 17.2 Å². The predicted molar refractivity (Wildman–Crippen MR) is 194 cm³/mol. The lowest BCUT2D eigenvalue weighted by Crippen LogP contribution is -2.53. The van der Waals surface area contributed by atoms with E-state index in [4.69, 9.17) is 4.74 Å². The topological polar surface area (TPSA) is 96.0 Å². The van der Waals surface area contributed by atoms with Crippen molar-refractivity contribution in [1.82, 2.24) is 10.2 Å². The SMILES string of the molecule is CCOc1ccc(N(CC(=O)N(Cc2cccc(C)c2)[C@@H](Cc2ccccc2)C(=O)NCC(C)C)S(=O)(=O)c2ccc(SC)cc2)cc1. The second kappa shape index (κ2) is 17.2. The van der Waals surface area contributed by atoms with Gasteiger partial charge in [-0.25, -0.2) is 8.42 Å². The molecular formula is C38H45N3O5S2. The van der Waals surface area contributed by atoms with Crippen LogP contribution in [0.15, 0.2) is 113 Å². The molecule has 0 saturated heterocycles. The molecule has 2 amide bonds. The van der Waals surface area contributed by atoms with Gasteiger partial charge in [0.1, 0.15) is 18.3 Å². The molecule has 0 aliphatic heterocycles. The third kappa shape index (κ3) is 9.87. The average Bonchev–Trinajstić information content (AvgIpc) is 3.08. The molecule has 48 heavy (non-hydrogen) atoms. The lowest BCUT2D eigenvalue weighted by Gasteiger charge is -2.34. The van der Waals surface area contributed by atoms with Crippen LogP contribution < -0.4 is 14.4 Å². The Morgan fingerprint density at radius 2 is 1.54 bits per heavy atom. The van der Waals surface area contributed by atoms with Gasteiger partial charge in [0.15, 0.2) is 0 Å². The molecule has 0 aromatic heterocycles. The number of rotatable bonds is 16. The molecule has 0 aliphatic rings. The summed E-state index contributed by atoms with van der Waals surface area (Å²) in [6.07, 6.45) is 2.18. The number of anilines is 1. The van der Waals surface area contributed by atoms with Gasteiger partial charge in [-0.3, -0.25) is 13.9 Å². The molecule has 8 nitrogen and oxygen atoms in total. The highest BCUT2D eigenvalue weighted by atomic mass is 32.2. The van der Waals surface area contributed by atoms with Crippen LogP contribution in [-0.2, 0) is 32.6 Å². The van der Waals surface area contributed by atoms with Gasteiger partial charge in [0.25, 0.3) is 10.0 Å². The summed E-state index contributed by atoms with van der Waals surface area (Å²) in [6, 6.07) is 29.6. The summed E-state index contributed by atoms with van der Waals surface area (Å²) in [4.78, 5) is 31.1. The van der Waals surface area contributed by atoms with E-state index in [2.05, 4.69) is 5.32 Å². The molecule has 0 radical (unpaired) electrons. The van der Waals surface area contributed by atoms with Gasteiger partial charge >= 0.3 is 0 Å². The van der Waals surface area contributed by atoms with E-state index in [-0.39, 0.29) is 29.7 Å². The second-order valence-electron chi connectivity index (χ2n) is 12.0. The van der Waals surface area contributed by atoms with E-state index in [1.54, 1.807) is 48.5 Å². The largest absolute Gasteiger partial charge is 0.494 e.